The summed E-state index contributed by atoms with van der Waals surface area (Å²) >= 11 is 0. The van der Waals surface area contributed by atoms with Crippen LogP contribution in [0.15, 0.2) is 22.6 Å². The maximum absolute atomic E-state index is 12.3. The Morgan fingerprint density at radius 2 is 2.27 bits per heavy atom. The van der Waals surface area contributed by atoms with Gasteiger partial charge in [-0.2, -0.15) is 8.78 Å². The summed E-state index contributed by atoms with van der Waals surface area (Å²) in [4.78, 5) is 3.64. The quantitative estimate of drug-likeness (QED) is 0.785. The van der Waals surface area contributed by atoms with Crippen LogP contribution in [0.25, 0.3) is 11.1 Å². The molecule has 0 unspecified atom stereocenters. The summed E-state index contributed by atoms with van der Waals surface area (Å²) in [6, 6.07) is 4.82. The first kappa shape index (κ1) is 9.89. The molecule has 2 rings (SSSR count). The second-order valence-electron chi connectivity index (χ2n) is 2.92. The van der Waals surface area contributed by atoms with Crippen LogP contribution in [0, 0.1) is 0 Å². The number of alkyl halides is 2. The van der Waals surface area contributed by atoms with E-state index in [1.165, 1.54) is 0 Å². The lowest BCUT2D eigenvalue weighted by Crippen LogP contribution is -1.90. The molecule has 0 radical (unpaired) electrons. The topological polar surface area (TPSA) is 35.3 Å². The van der Waals surface area contributed by atoms with Crippen LogP contribution in [0.4, 0.5) is 8.78 Å². The molecule has 0 saturated carbocycles. The highest BCUT2D eigenvalue weighted by Gasteiger charge is 2.15. The normalized spacial score (nSPS) is 11.2. The molecule has 0 bridgehead atoms. The fourth-order valence-corrected chi connectivity index (χ4v) is 1.27. The lowest BCUT2D eigenvalue weighted by atomic mass is 10.3. The Morgan fingerprint density at radius 1 is 1.47 bits per heavy atom. The summed E-state index contributed by atoms with van der Waals surface area (Å²) in [7, 11) is 0. The van der Waals surface area contributed by atoms with Gasteiger partial charge in [-0.3, -0.25) is 0 Å². The van der Waals surface area contributed by atoms with Gasteiger partial charge in [0.05, 0.1) is 6.61 Å². The average Bonchev–Trinajstić information content (AvgIpc) is 2.61. The fourth-order valence-electron chi connectivity index (χ4n) is 1.27. The van der Waals surface area contributed by atoms with Crippen LogP contribution < -0.4 is 4.74 Å². The zero-order chi connectivity index (χ0) is 10.8. The number of aromatic nitrogens is 1. The third kappa shape index (κ3) is 1.91. The van der Waals surface area contributed by atoms with Crippen molar-refractivity contribution in [2.75, 3.05) is 6.61 Å². The summed E-state index contributed by atoms with van der Waals surface area (Å²) in [5.41, 5.74) is 0.727. The molecule has 0 aliphatic heterocycles. The van der Waals surface area contributed by atoms with Crippen molar-refractivity contribution in [3.05, 3.63) is 24.1 Å². The monoisotopic (exact) mass is 213 g/mol. The van der Waals surface area contributed by atoms with Crippen LogP contribution >= 0.6 is 0 Å². The Kier molecular flexibility index (Phi) is 2.53. The van der Waals surface area contributed by atoms with Gasteiger partial charge in [0.15, 0.2) is 5.58 Å². The van der Waals surface area contributed by atoms with E-state index in [4.69, 9.17) is 9.15 Å². The molecule has 0 aliphatic rings. The molecule has 80 valence electrons. The molecule has 0 spiro atoms. The van der Waals surface area contributed by atoms with Gasteiger partial charge in [-0.1, -0.05) is 0 Å². The smallest absolute Gasteiger partial charge is 0.313 e. The first-order valence-corrected chi connectivity index (χ1v) is 4.52. The van der Waals surface area contributed by atoms with Gasteiger partial charge in [0.25, 0.3) is 5.89 Å². The van der Waals surface area contributed by atoms with E-state index >= 15 is 0 Å². The molecule has 15 heavy (non-hydrogen) atoms. The molecule has 2 aromatic rings. The second-order valence-corrected chi connectivity index (χ2v) is 2.92. The molecule has 1 heterocycles. The van der Waals surface area contributed by atoms with Crippen molar-refractivity contribution in [2.45, 2.75) is 13.3 Å². The lowest BCUT2D eigenvalue weighted by molar-refractivity contribution is 0.117. The van der Waals surface area contributed by atoms with Crippen molar-refractivity contribution in [1.29, 1.82) is 0 Å². The van der Waals surface area contributed by atoms with Crippen molar-refractivity contribution >= 4 is 11.1 Å². The number of rotatable bonds is 3. The van der Waals surface area contributed by atoms with Crippen LogP contribution in [0.2, 0.25) is 0 Å². The Labute approximate surface area is 84.7 Å². The Hall–Kier alpha value is -1.65. The SMILES string of the molecule is CCOc1ccc2nc(C(F)F)oc2c1. The number of hydrogen-bond donors (Lipinski definition) is 0. The Morgan fingerprint density at radius 3 is 2.93 bits per heavy atom. The third-order valence-electron chi connectivity index (χ3n) is 1.87. The van der Waals surface area contributed by atoms with Crippen molar-refractivity contribution in [1.82, 2.24) is 4.98 Å². The first-order valence-electron chi connectivity index (χ1n) is 4.52. The molecule has 0 atom stereocenters. The van der Waals surface area contributed by atoms with Gasteiger partial charge in [-0.15, -0.1) is 0 Å². The number of oxazole rings is 1. The molecule has 0 amide bonds. The molecular weight excluding hydrogens is 204 g/mol. The van der Waals surface area contributed by atoms with Crippen LogP contribution in [0.5, 0.6) is 5.75 Å². The molecule has 1 aromatic carbocycles. The lowest BCUT2D eigenvalue weighted by Gasteiger charge is -2.00. The van der Waals surface area contributed by atoms with E-state index in [0.29, 0.717) is 23.5 Å². The van der Waals surface area contributed by atoms with Gasteiger partial charge in [0, 0.05) is 6.07 Å². The maximum atomic E-state index is 12.3. The molecule has 3 nitrogen and oxygen atoms in total. The molecule has 0 N–H and O–H groups in total. The van der Waals surface area contributed by atoms with Crippen molar-refractivity contribution in [3.63, 3.8) is 0 Å². The van der Waals surface area contributed by atoms with Gasteiger partial charge in [-0.25, -0.2) is 4.98 Å². The number of halogens is 2. The largest absolute Gasteiger partial charge is 0.494 e. The van der Waals surface area contributed by atoms with Gasteiger partial charge >= 0.3 is 6.43 Å². The third-order valence-corrected chi connectivity index (χ3v) is 1.87. The van der Waals surface area contributed by atoms with Gasteiger partial charge in [0.1, 0.15) is 11.3 Å². The first-order chi connectivity index (χ1) is 7.20. The maximum Gasteiger partial charge on any atom is 0.313 e. The van der Waals surface area contributed by atoms with E-state index in [1.54, 1.807) is 18.2 Å². The summed E-state index contributed by atoms with van der Waals surface area (Å²) in [6.45, 7) is 2.36. The zero-order valence-electron chi connectivity index (χ0n) is 8.04. The highest BCUT2D eigenvalue weighted by atomic mass is 19.3. The molecule has 5 heteroatoms. The highest BCUT2D eigenvalue weighted by Crippen LogP contribution is 2.26. The van der Waals surface area contributed by atoms with Crippen molar-refractivity contribution in [3.8, 4) is 5.75 Å². The van der Waals surface area contributed by atoms with E-state index in [2.05, 4.69) is 4.98 Å². The number of benzene rings is 1. The molecule has 0 aliphatic carbocycles. The summed E-state index contributed by atoms with van der Waals surface area (Å²) in [5.74, 6) is 0.0283. The summed E-state index contributed by atoms with van der Waals surface area (Å²) in [5, 5.41) is 0. The second kappa shape index (κ2) is 3.84. The van der Waals surface area contributed by atoms with E-state index in [-0.39, 0.29) is 0 Å². The molecule has 1 aromatic heterocycles. The minimum atomic E-state index is -2.69. The highest BCUT2D eigenvalue weighted by molar-refractivity contribution is 5.74. The molecule has 0 fully saturated rings. The number of nitrogens with zero attached hydrogens (tertiary/aromatic N) is 1. The van der Waals surface area contributed by atoms with Gasteiger partial charge in [-0.05, 0) is 19.1 Å². The average molecular weight is 213 g/mol. The minimum absolute atomic E-state index is 0.316. The molecular formula is C10H9F2NO2. The van der Waals surface area contributed by atoms with E-state index in [0.717, 1.165) is 0 Å². The van der Waals surface area contributed by atoms with E-state index in [1.807, 2.05) is 6.92 Å². The number of hydrogen-bond acceptors (Lipinski definition) is 3. The van der Waals surface area contributed by atoms with Crippen molar-refractivity contribution in [2.24, 2.45) is 0 Å². The number of fused-ring (bicyclic) bond motifs is 1. The van der Waals surface area contributed by atoms with Gasteiger partial charge in [0.2, 0.25) is 0 Å². The Bertz CT molecular complexity index is 467. The summed E-state index contributed by atoms with van der Waals surface area (Å²) < 4.78 is 34.6. The minimum Gasteiger partial charge on any atom is -0.494 e. The van der Waals surface area contributed by atoms with E-state index in [9.17, 15) is 8.78 Å². The summed E-state index contributed by atoms with van der Waals surface area (Å²) in [6.07, 6.45) is -2.69. The predicted molar refractivity (Wildman–Crippen MR) is 50.1 cm³/mol. The van der Waals surface area contributed by atoms with Gasteiger partial charge < -0.3 is 9.15 Å². The van der Waals surface area contributed by atoms with Crippen LogP contribution in [0.3, 0.4) is 0 Å². The van der Waals surface area contributed by atoms with Crippen molar-refractivity contribution < 1.29 is 17.9 Å². The fraction of sp³-hybridized carbons (Fsp3) is 0.300. The van der Waals surface area contributed by atoms with Crippen LogP contribution in [-0.4, -0.2) is 11.6 Å². The Balaban J connectivity index is 2.43. The standard InChI is InChI=1S/C10H9F2NO2/c1-2-14-6-3-4-7-8(5-6)15-10(13-7)9(11)12/h3-5,9H,2H2,1H3. The van der Waals surface area contributed by atoms with E-state index < -0.39 is 12.3 Å². The van der Waals surface area contributed by atoms with Crippen LogP contribution in [-0.2, 0) is 0 Å². The molecule has 0 saturated heterocycles. The zero-order valence-corrected chi connectivity index (χ0v) is 8.04. The van der Waals surface area contributed by atoms with Crippen LogP contribution in [0.1, 0.15) is 19.2 Å². The number of ether oxygens (including phenoxy) is 1. The predicted octanol–water partition coefficient (Wildman–Crippen LogP) is 3.16.